The Morgan fingerprint density at radius 3 is 2.22 bits per heavy atom. The third kappa shape index (κ3) is 4.94. The van der Waals surface area contributed by atoms with Crippen molar-refractivity contribution >= 4 is 27.5 Å². The van der Waals surface area contributed by atoms with Crippen LogP contribution >= 0.6 is 0 Å². The van der Waals surface area contributed by atoms with Gasteiger partial charge in [-0.1, -0.05) is 0 Å². The summed E-state index contributed by atoms with van der Waals surface area (Å²) in [7, 11) is -3.47. The Hall–Kier alpha value is -2.23. The number of sulfonamides is 1. The molecule has 3 rings (SSSR count). The zero-order valence-electron chi connectivity index (χ0n) is 15.0. The predicted octanol–water partition coefficient (Wildman–Crippen LogP) is 0.825. The minimum atomic E-state index is -3.47. The van der Waals surface area contributed by atoms with Gasteiger partial charge in [-0.25, -0.2) is 8.42 Å². The molecule has 2 heterocycles. The summed E-state index contributed by atoms with van der Waals surface area (Å²) in [4.78, 5) is 25.8. The van der Waals surface area contributed by atoms with E-state index >= 15 is 0 Å². The molecule has 1 aromatic rings. The summed E-state index contributed by atoms with van der Waals surface area (Å²) in [6.45, 7) is 3.11. The van der Waals surface area contributed by atoms with Crippen molar-refractivity contribution in [1.82, 2.24) is 9.21 Å². The van der Waals surface area contributed by atoms with E-state index < -0.39 is 15.9 Å². The van der Waals surface area contributed by atoms with Crippen LogP contribution in [0.2, 0.25) is 0 Å². The molecular weight excluding hydrogens is 370 g/mol. The third-order valence-corrected chi connectivity index (χ3v) is 6.44. The predicted molar refractivity (Wildman–Crippen MR) is 99.6 cm³/mol. The average molecular weight is 393 g/mol. The van der Waals surface area contributed by atoms with Gasteiger partial charge in [-0.2, -0.15) is 4.31 Å². The van der Waals surface area contributed by atoms with E-state index in [1.165, 1.54) is 28.6 Å². The highest BCUT2D eigenvalue weighted by atomic mass is 32.2. The standard InChI is InChI=1S/C18H23N3O5S/c22-17(7-8-18(23)20-11-13-26-14-12-20)19-15-3-5-16(6-4-15)27(24,25)21-9-1-2-10-21/h3-8H,1-2,9-14H2,(H,19,22)/b8-7+. The van der Waals surface area contributed by atoms with Crippen molar-refractivity contribution in [3.05, 3.63) is 36.4 Å². The van der Waals surface area contributed by atoms with Crippen molar-refractivity contribution in [2.24, 2.45) is 0 Å². The summed E-state index contributed by atoms with van der Waals surface area (Å²) in [5.74, 6) is -0.688. The average Bonchev–Trinajstić information content (AvgIpc) is 3.23. The highest BCUT2D eigenvalue weighted by Crippen LogP contribution is 2.22. The molecule has 2 fully saturated rings. The summed E-state index contributed by atoms with van der Waals surface area (Å²) in [5.41, 5.74) is 0.462. The first kappa shape index (κ1) is 19.5. The number of rotatable bonds is 5. The van der Waals surface area contributed by atoms with Gasteiger partial charge in [0.15, 0.2) is 0 Å². The van der Waals surface area contributed by atoms with Gasteiger partial charge in [-0.3, -0.25) is 9.59 Å². The fraction of sp³-hybridized carbons (Fsp3) is 0.444. The first-order chi connectivity index (χ1) is 13.0. The zero-order valence-corrected chi connectivity index (χ0v) is 15.8. The number of carbonyl (C=O) groups excluding carboxylic acids is 2. The number of anilines is 1. The van der Waals surface area contributed by atoms with Crippen LogP contribution in [0.15, 0.2) is 41.3 Å². The van der Waals surface area contributed by atoms with Gasteiger partial charge in [0.25, 0.3) is 0 Å². The molecule has 8 nitrogen and oxygen atoms in total. The lowest BCUT2D eigenvalue weighted by molar-refractivity contribution is -0.130. The van der Waals surface area contributed by atoms with Gasteiger partial charge in [0, 0.05) is 44.0 Å². The van der Waals surface area contributed by atoms with E-state index in [0.717, 1.165) is 12.8 Å². The smallest absolute Gasteiger partial charge is 0.248 e. The minimum absolute atomic E-state index is 0.209. The van der Waals surface area contributed by atoms with Gasteiger partial charge >= 0.3 is 0 Å². The summed E-state index contributed by atoms with van der Waals surface area (Å²) in [6, 6.07) is 6.04. The molecule has 0 atom stereocenters. The van der Waals surface area contributed by atoms with E-state index in [4.69, 9.17) is 4.74 Å². The van der Waals surface area contributed by atoms with Gasteiger partial charge in [0.1, 0.15) is 0 Å². The Morgan fingerprint density at radius 1 is 0.963 bits per heavy atom. The lowest BCUT2D eigenvalue weighted by atomic mass is 10.3. The molecule has 2 aliphatic rings. The van der Waals surface area contributed by atoms with E-state index in [2.05, 4.69) is 5.32 Å². The van der Waals surface area contributed by atoms with Crippen LogP contribution in [0.3, 0.4) is 0 Å². The van der Waals surface area contributed by atoms with Crippen molar-refractivity contribution in [3.63, 3.8) is 0 Å². The van der Waals surface area contributed by atoms with Crippen LogP contribution in [-0.4, -0.2) is 68.8 Å². The number of carbonyl (C=O) groups is 2. The molecule has 0 aromatic heterocycles. The molecule has 146 valence electrons. The van der Waals surface area contributed by atoms with Crippen LogP contribution < -0.4 is 5.32 Å². The van der Waals surface area contributed by atoms with Crippen LogP contribution in [0.1, 0.15) is 12.8 Å². The van der Waals surface area contributed by atoms with Crippen LogP contribution in [0.4, 0.5) is 5.69 Å². The fourth-order valence-electron chi connectivity index (χ4n) is 3.01. The second-order valence-electron chi connectivity index (χ2n) is 6.40. The number of ether oxygens (including phenoxy) is 1. The Bertz CT molecular complexity index is 808. The van der Waals surface area contributed by atoms with Crippen LogP contribution in [0.5, 0.6) is 0 Å². The lowest BCUT2D eigenvalue weighted by Gasteiger charge is -2.25. The van der Waals surface area contributed by atoms with E-state index in [0.29, 0.717) is 45.1 Å². The Labute approximate surface area is 158 Å². The second kappa shape index (κ2) is 8.64. The molecular formula is C18H23N3O5S. The number of hydrogen-bond donors (Lipinski definition) is 1. The first-order valence-electron chi connectivity index (χ1n) is 8.93. The quantitative estimate of drug-likeness (QED) is 0.748. The van der Waals surface area contributed by atoms with E-state index in [-0.39, 0.29) is 10.8 Å². The van der Waals surface area contributed by atoms with Crippen molar-refractivity contribution in [1.29, 1.82) is 0 Å². The highest BCUT2D eigenvalue weighted by Gasteiger charge is 2.26. The molecule has 0 radical (unpaired) electrons. The molecule has 2 saturated heterocycles. The molecule has 0 bridgehead atoms. The summed E-state index contributed by atoms with van der Waals surface area (Å²) < 4.78 is 31.6. The summed E-state index contributed by atoms with van der Waals surface area (Å²) in [5, 5.41) is 2.62. The van der Waals surface area contributed by atoms with Gasteiger partial charge in [-0.15, -0.1) is 0 Å². The molecule has 0 aliphatic carbocycles. The van der Waals surface area contributed by atoms with E-state index in [1.54, 1.807) is 17.0 Å². The van der Waals surface area contributed by atoms with E-state index in [9.17, 15) is 18.0 Å². The van der Waals surface area contributed by atoms with Crippen molar-refractivity contribution in [2.45, 2.75) is 17.7 Å². The Morgan fingerprint density at radius 2 is 1.59 bits per heavy atom. The number of benzene rings is 1. The molecule has 0 spiro atoms. The molecule has 1 N–H and O–H groups in total. The normalized spacial score (nSPS) is 18.7. The molecule has 0 saturated carbocycles. The van der Waals surface area contributed by atoms with Crippen LogP contribution in [-0.2, 0) is 24.3 Å². The Balaban J connectivity index is 1.56. The van der Waals surface area contributed by atoms with Crippen molar-refractivity contribution in [3.8, 4) is 0 Å². The van der Waals surface area contributed by atoms with Crippen LogP contribution in [0.25, 0.3) is 0 Å². The maximum Gasteiger partial charge on any atom is 0.248 e. The van der Waals surface area contributed by atoms with Crippen molar-refractivity contribution < 1.29 is 22.7 Å². The topological polar surface area (TPSA) is 96.0 Å². The van der Waals surface area contributed by atoms with Gasteiger partial charge < -0.3 is 15.0 Å². The third-order valence-electron chi connectivity index (χ3n) is 4.52. The highest BCUT2D eigenvalue weighted by molar-refractivity contribution is 7.89. The SMILES string of the molecule is O=C(/C=C/C(=O)N1CCOCC1)Nc1ccc(S(=O)(=O)N2CCCC2)cc1. The van der Waals surface area contributed by atoms with Gasteiger partial charge in [-0.05, 0) is 37.1 Å². The Kier molecular flexibility index (Phi) is 6.25. The molecule has 1 aromatic carbocycles. The van der Waals surface area contributed by atoms with Gasteiger partial charge in [0.2, 0.25) is 21.8 Å². The van der Waals surface area contributed by atoms with Crippen molar-refractivity contribution in [2.75, 3.05) is 44.7 Å². The number of nitrogens with zero attached hydrogens (tertiary/aromatic N) is 2. The summed E-state index contributed by atoms with van der Waals surface area (Å²) >= 11 is 0. The molecule has 27 heavy (non-hydrogen) atoms. The number of hydrogen-bond acceptors (Lipinski definition) is 5. The lowest BCUT2D eigenvalue weighted by Crippen LogP contribution is -2.39. The maximum atomic E-state index is 12.5. The number of morpholine rings is 1. The molecule has 2 aliphatic heterocycles. The zero-order chi connectivity index (χ0) is 19.3. The number of amides is 2. The molecule has 2 amide bonds. The fourth-order valence-corrected chi connectivity index (χ4v) is 4.52. The first-order valence-corrected chi connectivity index (χ1v) is 10.4. The summed E-state index contributed by atoms with van der Waals surface area (Å²) in [6.07, 6.45) is 4.16. The largest absolute Gasteiger partial charge is 0.378 e. The maximum absolute atomic E-state index is 12.5. The minimum Gasteiger partial charge on any atom is -0.378 e. The van der Waals surface area contributed by atoms with Crippen LogP contribution in [0, 0.1) is 0 Å². The molecule has 0 unspecified atom stereocenters. The number of nitrogens with one attached hydrogen (secondary N) is 1. The van der Waals surface area contributed by atoms with Gasteiger partial charge in [0.05, 0.1) is 18.1 Å². The second-order valence-corrected chi connectivity index (χ2v) is 8.33. The molecule has 9 heteroatoms. The van der Waals surface area contributed by atoms with E-state index in [1.807, 2.05) is 0 Å². The monoisotopic (exact) mass is 393 g/mol.